The lowest BCUT2D eigenvalue weighted by atomic mass is 9.87. The van der Waals surface area contributed by atoms with Crippen LogP contribution in [0.1, 0.15) is 46.5 Å². The zero-order valence-electron chi connectivity index (χ0n) is 9.14. The quantitative estimate of drug-likeness (QED) is 0.701. The Balaban J connectivity index is 2.35. The fourth-order valence-corrected chi connectivity index (χ4v) is 2.26. The average molecular weight is 185 g/mol. The van der Waals surface area contributed by atoms with Crippen molar-refractivity contribution in [3.8, 4) is 0 Å². The van der Waals surface area contributed by atoms with Crippen LogP contribution >= 0.6 is 0 Å². The van der Waals surface area contributed by atoms with Gasteiger partial charge >= 0.3 is 0 Å². The second-order valence-corrected chi connectivity index (χ2v) is 5.01. The van der Waals surface area contributed by atoms with Crippen LogP contribution in [0.3, 0.4) is 0 Å². The van der Waals surface area contributed by atoms with E-state index in [2.05, 4.69) is 26.1 Å². The van der Waals surface area contributed by atoms with Crippen LogP contribution in [0.25, 0.3) is 0 Å². The molecule has 1 rings (SSSR count). The number of aliphatic hydroxyl groups excluding tert-OH is 1. The molecule has 0 bridgehead atoms. The molecule has 13 heavy (non-hydrogen) atoms. The summed E-state index contributed by atoms with van der Waals surface area (Å²) in [5, 5.41) is 12.4. The molecule has 1 saturated carbocycles. The van der Waals surface area contributed by atoms with Gasteiger partial charge in [0.2, 0.25) is 0 Å². The molecule has 0 aliphatic heterocycles. The van der Waals surface area contributed by atoms with Crippen molar-refractivity contribution >= 4 is 0 Å². The predicted octanol–water partition coefficient (Wildman–Crippen LogP) is 1.93. The van der Waals surface area contributed by atoms with E-state index in [9.17, 15) is 0 Å². The highest BCUT2D eigenvalue weighted by molar-refractivity contribution is 4.91. The van der Waals surface area contributed by atoms with Crippen molar-refractivity contribution in [3.05, 3.63) is 0 Å². The van der Waals surface area contributed by atoms with Crippen LogP contribution < -0.4 is 5.32 Å². The normalized spacial score (nSPS) is 29.1. The molecule has 0 saturated heterocycles. The van der Waals surface area contributed by atoms with Crippen LogP contribution in [-0.2, 0) is 0 Å². The van der Waals surface area contributed by atoms with Crippen molar-refractivity contribution < 1.29 is 5.11 Å². The Morgan fingerprint density at radius 1 is 1.54 bits per heavy atom. The van der Waals surface area contributed by atoms with Crippen LogP contribution in [0.2, 0.25) is 0 Å². The topological polar surface area (TPSA) is 32.3 Å². The number of nitrogens with one attached hydrogen (secondary N) is 1. The molecule has 1 fully saturated rings. The maximum atomic E-state index is 8.80. The van der Waals surface area contributed by atoms with Gasteiger partial charge in [0.05, 0.1) is 0 Å². The minimum absolute atomic E-state index is 0.293. The molecule has 0 aromatic heterocycles. The Labute approximate surface area is 81.7 Å². The molecule has 0 amide bonds. The second kappa shape index (κ2) is 4.43. The van der Waals surface area contributed by atoms with Gasteiger partial charge in [-0.15, -0.1) is 0 Å². The van der Waals surface area contributed by atoms with Crippen LogP contribution in [0.15, 0.2) is 0 Å². The Morgan fingerprint density at radius 2 is 2.23 bits per heavy atom. The Morgan fingerprint density at radius 3 is 2.69 bits per heavy atom. The van der Waals surface area contributed by atoms with Gasteiger partial charge < -0.3 is 10.4 Å². The molecule has 0 aromatic carbocycles. The molecule has 78 valence electrons. The Bertz CT molecular complexity index is 156. The fourth-order valence-electron chi connectivity index (χ4n) is 2.26. The zero-order valence-corrected chi connectivity index (χ0v) is 9.14. The van der Waals surface area contributed by atoms with Crippen molar-refractivity contribution in [3.63, 3.8) is 0 Å². The monoisotopic (exact) mass is 185 g/mol. The summed E-state index contributed by atoms with van der Waals surface area (Å²) in [7, 11) is 0. The summed E-state index contributed by atoms with van der Waals surface area (Å²) in [6.07, 6.45) is 4.84. The van der Waals surface area contributed by atoms with E-state index >= 15 is 0 Å². The maximum absolute atomic E-state index is 8.80. The summed E-state index contributed by atoms with van der Waals surface area (Å²) in [6.45, 7) is 7.12. The molecule has 0 radical (unpaired) electrons. The van der Waals surface area contributed by atoms with Gasteiger partial charge in [-0.2, -0.15) is 0 Å². The first-order valence-electron chi connectivity index (χ1n) is 5.43. The van der Waals surface area contributed by atoms with Crippen LogP contribution in [0.4, 0.5) is 0 Å². The van der Waals surface area contributed by atoms with Gasteiger partial charge in [0, 0.05) is 18.7 Å². The lowest BCUT2D eigenvalue weighted by molar-refractivity contribution is 0.229. The molecule has 2 heteroatoms. The Kier molecular flexibility index (Phi) is 3.74. The van der Waals surface area contributed by atoms with Crippen molar-refractivity contribution in [2.75, 3.05) is 6.61 Å². The highest BCUT2D eigenvalue weighted by atomic mass is 16.3. The van der Waals surface area contributed by atoms with Gasteiger partial charge in [0.25, 0.3) is 0 Å². The van der Waals surface area contributed by atoms with Crippen LogP contribution in [0.5, 0.6) is 0 Å². The maximum Gasteiger partial charge on any atom is 0.0445 e. The summed E-state index contributed by atoms with van der Waals surface area (Å²) < 4.78 is 0. The number of hydrogen-bond donors (Lipinski definition) is 2. The highest BCUT2D eigenvalue weighted by Gasteiger charge is 2.34. The van der Waals surface area contributed by atoms with E-state index in [0.29, 0.717) is 24.1 Å². The largest absolute Gasteiger partial charge is 0.396 e. The van der Waals surface area contributed by atoms with Gasteiger partial charge in [-0.1, -0.05) is 20.3 Å². The van der Waals surface area contributed by atoms with Crippen molar-refractivity contribution in [1.82, 2.24) is 5.32 Å². The molecule has 2 nitrogen and oxygen atoms in total. The first-order valence-corrected chi connectivity index (χ1v) is 5.43. The number of rotatable bonds is 4. The van der Waals surface area contributed by atoms with E-state index in [1.54, 1.807) is 0 Å². The minimum Gasteiger partial charge on any atom is -0.396 e. The van der Waals surface area contributed by atoms with Crippen molar-refractivity contribution in [2.45, 2.75) is 58.5 Å². The van der Waals surface area contributed by atoms with E-state index in [-0.39, 0.29) is 0 Å². The molecular formula is C11H23NO. The molecule has 2 N–H and O–H groups in total. The average Bonchev–Trinajstić information content (AvgIpc) is 2.31. The van der Waals surface area contributed by atoms with E-state index in [4.69, 9.17) is 5.11 Å². The zero-order chi connectivity index (χ0) is 9.90. The van der Waals surface area contributed by atoms with Gasteiger partial charge in [-0.05, 0) is 31.6 Å². The summed E-state index contributed by atoms with van der Waals surface area (Å²) in [4.78, 5) is 0. The molecule has 0 heterocycles. The predicted molar refractivity (Wildman–Crippen MR) is 55.7 cm³/mol. The third-order valence-corrected chi connectivity index (χ3v) is 3.31. The van der Waals surface area contributed by atoms with Gasteiger partial charge in [0.1, 0.15) is 0 Å². The highest BCUT2D eigenvalue weighted by Crippen LogP contribution is 2.37. The van der Waals surface area contributed by atoms with E-state index in [0.717, 1.165) is 6.42 Å². The van der Waals surface area contributed by atoms with Crippen LogP contribution in [0, 0.1) is 5.41 Å². The first kappa shape index (κ1) is 11.0. The summed E-state index contributed by atoms with van der Waals surface area (Å²) >= 11 is 0. The van der Waals surface area contributed by atoms with Gasteiger partial charge in [-0.3, -0.25) is 0 Å². The van der Waals surface area contributed by atoms with Gasteiger partial charge in [0.15, 0.2) is 0 Å². The van der Waals surface area contributed by atoms with E-state index in [1.807, 2.05) is 0 Å². The molecule has 1 aliphatic rings. The number of hydrogen-bond acceptors (Lipinski definition) is 2. The molecule has 2 atom stereocenters. The van der Waals surface area contributed by atoms with E-state index < -0.39 is 0 Å². The van der Waals surface area contributed by atoms with Crippen LogP contribution in [-0.4, -0.2) is 23.8 Å². The summed E-state index contributed by atoms with van der Waals surface area (Å²) in [6, 6.07) is 1.10. The van der Waals surface area contributed by atoms with Crippen molar-refractivity contribution in [2.24, 2.45) is 5.41 Å². The smallest absolute Gasteiger partial charge is 0.0445 e. The molecule has 2 unspecified atom stereocenters. The lowest BCUT2D eigenvalue weighted by Gasteiger charge is -2.30. The Hall–Kier alpha value is -0.0800. The third kappa shape index (κ3) is 2.96. The minimum atomic E-state index is 0.293. The lowest BCUT2D eigenvalue weighted by Crippen LogP contribution is -2.43. The standard InChI is InChI=1S/C11H23NO/c1-9(6-8-13)12-10-5-4-7-11(10,2)3/h9-10,12-13H,4-8H2,1-3H3. The summed E-state index contributed by atoms with van der Waals surface area (Å²) in [5.74, 6) is 0. The second-order valence-electron chi connectivity index (χ2n) is 5.01. The molecule has 0 spiro atoms. The molecule has 1 aliphatic carbocycles. The summed E-state index contributed by atoms with van der Waals surface area (Å²) in [5.41, 5.74) is 0.448. The SMILES string of the molecule is CC(CCO)NC1CCCC1(C)C. The fraction of sp³-hybridized carbons (Fsp3) is 1.00. The first-order chi connectivity index (χ1) is 6.06. The number of aliphatic hydroxyl groups is 1. The van der Waals surface area contributed by atoms with Crippen molar-refractivity contribution in [1.29, 1.82) is 0 Å². The molecule has 0 aromatic rings. The third-order valence-electron chi connectivity index (χ3n) is 3.31. The van der Waals surface area contributed by atoms with E-state index in [1.165, 1.54) is 19.3 Å². The molecular weight excluding hydrogens is 162 g/mol. The van der Waals surface area contributed by atoms with Gasteiger partial charge in [-0.25, -0.2) is 0 Å².